The Morgan fingerprint density at radius 2 is 2.08 bits per heavy atom. The van der Waals surface area contributed by atoms with Gasteiger partial charge < -0.3 is 15.1 Å². The van der Waals surface area contributed by atoms with Crippen molar-refractivity contribution in [1.29, 1.82) is 0 Å². The minimum absolute atomic E-state index is 0.152. The fraction of sp³-hybridized carbons (Fsp3) is 0.600. The molecule has 2 bridgehead atoms. The SMILES string of the molecule is CC[C@@]1(C(=O)N2CCN(c3nc4ccccc4s3)CC2)C[C@@H]2CC[C@H]1N2. The predicted octanol–water partition coefficient (Wildman–Crippen LogP) is 2.87. The summed E-state index contributed by atoms with van der Waals surface area (Å²) in [6.45, 7) is 5.58. The Hall–Kier alpha value is -1.66. The van der Waals surface area contributed by atoms with E-state index in [0.717, 1.165) is 56.1 Å². The molecule has 3 atom stereocenters. The van der Waals surface area contributed by atoms with Gasteiger partial charge in [0.05, 0.1) is 15.6 Å². The van der Waals surface area contributed by atoms with Gasteiger partial charge in [-0.1, -0.05) is 30.4 Å². The highest BCUT2D eigenvalue weighted by Crippen LogP contribution is 2.47. The molecule has 1 amide bonds. The summed E-state index contributed by atoms with van der Waals surface area (Å²) in [5.74, 6) is 0.392. The number of benzene rings is 1. The molecular weight excluding hydrogens is 344 g/mol. The van der Waals surface area contributed by atoms with Crippen molar-refractivity contribution in [1.82, 2.24) is 15.2 Å². The summed E-state index contributed by atoms with van der Waals surface area (Å²) in [5.41, 5.74) is 0.921. The number of aromatic nitrogens is 1. The molecule has 3 aliphatic rings. The van der Waals surface area contributed by atoms with E-state index in [9.17, 15) is 4.79 Å². The van der Waals surface area contributed by atoms with E-state index >= 15 is 0 Å². The molecule has 3 saturated heterocycles. The van der Waals surface area contributed by atoms with Crippen molar-refractivity contribution in [3.8, 4) is 0 Å². The molecule has 0 aliphatic carbocycles. The van der Waals surface area contributed by atoms with Gasteiger partial charge in [-0.2, -0.15) is 0 Å². The molecule has 3 aliphatic heterocycles. The van der Waals surface area contributed by atoms with Crippen LogP contribution in [-0.4, -0.2) is 54.1 Å². The van der Waals surface area contributed by atoms with Crippen LogP contribution in [0.25, 0.3) is 10.2 Å². The second-order valence-corrected chi connectivity index (χ2v) is 8.96. The maximum atomic E-state index is 13.4. The lowest BCUT2D eigenvalue weighted by Gasteiger charge is -2.42. The number of para-hydroxylation sites is 1. The van der Waals surface area contributed by atoms with Gasteiger partial charge in [-0.25, -0.2) is 4.98 Å². The van der Waals surface area contributed by atoms with Crippen LogP contribution in [0.2, 0.25) is 0 Å². The van der Waals surface area contributed by atoms with Crippen LogP contribution in [0.1, 0.15) is 32.6 Å². The highest BCUT2D eigenvalue weighted by Gasteiger charge is 2.55. The van der Waals surface area contributed by atoms with Crippen molar-refractivity contribution in [2.24, 2.45) is 5.41 Å². The molecule has 138 valence electrons. The molecule has 3 fully saturated rings. The summed E-state index contributed by atoms with van der Waals surface area (Å²) in [5, 5.41) is 4.76. The van der Waals surface area contributed by atoms with Crippen LogP contribution < -0.4 is 10.2 Å². The molecule has 5 nitrogen and oxygen atoms in total. The van der Waals surface area contributed by atoms with Crippen LogP contribution in [0.5, 0.6) is 0 Å². The zero-order chi connectivity index (χ0) is 17.7. The van der Waals surface area contributed by atoms with Gasteiger partial charge >= 0.3 is 0 Å². The first-order chi connectivity index (χ1) is 12.7. The van der Waals surface area contributed by atoms with E-state index in [1.165, 1.54) is 11.1 Å². The van der Waals surface area contributed by atoms with Crippen molar-refractivity contribution in [3.63, 3.8) is 0 Å². The van der Waals surface area contributed by atoms with Gasteiger partial charge in [0.1, 0.15) is 0 Å². The number of anilines is 1. The third kappa shape index (κ3) is 2.46. The van der Waals surface area contributed by atoms with Crippen LogP contribution >= 0.6 is 11.3 Å². The fourth-order valence-electron chi connectivity index (χ4n) is 5.19. The molecule has 1 N–H and O–H groups in total. The van der Waals surface area contributed by atoms with Crippen LogP contribution in [0.15, 0.2) is 24.3 Å². The largest absolute Gasteiger partial charge is 0.345 e. The summed E-state index contributed by atoms with van der Waals surface area (Å²) in [7, 11) is 0. The van der Waals surface area contributed by atoms with Crippen LogP contribution in [0, 0.1) is 5.41 Å². The molecule has 2 aromatic rings. The number of hydrogen-bond acceptors (Lipinski definition) is 5. The van der Waals surface area contributed by atoms with E-state index in [2.05, 4.69) is 40.2 Å². The highest BCUT2D eigenvalue weighted by molar-refractivity contribution is 7.22. The maximum absolute atomic E-state index is 13.4. The Bertz CT molecular complexity index is 795. The molecule has 0 radical (unpaired) electrons. The van der Waals surface area contributed by atoms with Crippen molar-refractivity contribution >= 4 is 32.6 Å². The Labute approximate surface area is 158 Å². The Morgan fingerprint density at radius 3 is 2.73 bits per heavy atom. The Morgan fingerprint density at radius 1 is 1.27 bits per heavy atom. The van der Waals surface area contributed by atoms with Gasteiger partial charge in [0.25, 0.3) is 0 Å². The molecule has 0 unspecified atom stereocenters. The number of nitrogens with one attached hydrogen (secondary N) is 1. The Balaban J connectivity index is 1.29. The molecule has 26 heavy (non-hydrogen) atoms. The number of nitrogens with zero attached hydrogens (tertiary/aromatic N) is 3. The quantitative estimate of drug-likeness (QED) is 0.903. The van der Waals surface area contributed by atoms with Crippen molar-refractivity contribution < 1.29 is 4.79 Å². The lowest BCUT2D eigenvalue weighted by molar-refractivity contribution is -0.144. The zero-order valence-electron chi connectivity index (χ0n) is 15.3. The average molecular weight is 371 g/mol. The maximum Gasteiger partial charge on any atom is 0.230 e. The summed E-state index contributed by atoms with van der Waals surface area (Å²) in [6.07, 6.45) is 4.39. The summed E-state index contributed by atoms with van der Waals surface area (Å²) in [6, 6.07) is 9.26. The molecule has 4 heterocycles. The van der Waals surface area contributed by atoms with Gasteiger partial charge in [0.15, 0.2) is 5.13 Å². The van der Waals surface area contributed by atoms with Crippen LogP contribution in [0.3, 0.4) is 0 Å². The first-order valence-electron chi connectivity index (χ1n) is 9.85. The highest BCUT2D eigenvalue weighted by atomic mass is 32.1. The van der Waals surface area contributed by atoms with E-state index in [-0.39, 0.29) is 5.41 Å². The molecule has 5 rings (SSSR count). The van der Waals surface area contributed by atoms with Crippen molar-refractivity contribution in [2.75, 3.05) is 31.1 Å². The number of hydrogen-bond donors (Lipinski definition) is 1. The van der Waals surface area contributed by atoms with Crippen LogP contribution in [-0.2, 0) is 4.79 Å². The smallest absolute Gasteiger partial charge is 0.230 e. The van der Waals surface area contributed by atoms with Gasteiger partial charge in [-0.3, -0.25) is 4.79 Å². The Kier molecular flexibility index (Phi) is 3.94. The minimum Gasteiger partial charge on any atom is -0.345 e. The predicted molar refractivity (Wildman–Crippen MR) is 106 cm³/mol. The number of carbonyl (C=O) groups is 1. The first-order valence-corrected chi connectivity index (χ1v) is 10.7. The number of thiazole rings is 1. The molecule has 0 spiro atoms. The summed E-state index contributed by atoms with van der Waals surface area (Å²) >= 11 is 1.75. The van der Waals surface area contributed by atoms with Crippen LogP contribution in [0.4, 0.5) is 5.13 Å². The third-order valence-corrected chi connectivity index (χ3v) is 7.79. The third-order valence-electron chi connectivity index (χ3n) is 6.70. The summed E-state index contributed by atoms with van der Waals surface area (Å²) in [4.78, 5) is 22.6. The minimum atomic E-state index is -0.152. The number of rotatable bonds is 3. The lowest BCUT2D eigenvalue weighted by atomic mass is 9.70. The van der Waals surface area contributed by atoms with E-state index in [1.54, 1.807) is 11.3 Å². The molecular formula is C20H26N4OS. The van der Waals surface area contributed by atoms with E-state index in [1.807, 2.05) is 6.07 Å². The first kappa shape index (κ1) is 16.5. The van der Waals surface area contributed by atoms with Gasteiger partial charge in [0.2, 0.25) is 5.91 Å². The van der Waals surface area contributed by atoms with Gasteiger partial charge in [-0.05, 0) is 37.8 Å². The average Bonchev–Trinajstić information content (AvgIpc) is 3.41. The topological polar surface area (TPSA) is 48.5 Å². The molecule has 1 aromatic carbocycles. The van der Waals surface area contributed by atoms with E-state index < -0.39 is 0 Å². The van der Waals surface area contributed by atoms with Crippen molar-refractivity contribution in [3.05, 3.63) is 24.3 Å². The molecule has 6 heteroatoms. The second kappa shape index (κ2) is 6.20. The summed E-state index contributed by atoms with van der Waals surface area (Å²) < 4.78 is 1.24. The monoisotopic (exact) mass is 370 g/mol. The molecule has 0 saturated carbocycles. The number of carbonyl (C=O) groups excluding carboxylic acids is 1. The molecule has 1 aromatic heterocycles. The van der Waals surface area contributed by atoms with Gasteiger partial charge in [-0.15, -0.1) is 0 Å². The lowest BCUT2D eigenvalue weighted by Crippen LogP contribution is -2.56. The number of amides is 1. The van der Waals surface area contributed by atoms with E-state index in [0.29, 0.717) is 18.0 Å². The normalized spacial score (nSPS) is 31.1. The fourth-order valence-corrected chi connectivity index (χ4v) is 6.20. The number of fused-ring (bicyclic) bond motifs is 3. The van der Waals surface area contributed by atoms with Gasteiger partial charge in [0, 0.05) is 38.3 Å². The number of piperazine rings is 1. The standard InChI is InChI=1S/C20H26N4OS/c1-2-20(13-14-7-8-17(20)21-14)18(25)23-9-11-24(12-10-23)19-22-15-5-3-4-6-16(15)26-19/h3-6,14,17,21H,2,7-13H2,1H3/t14-,17+,20+/m0/s1. The second-order valence-electron chi connectivity index (χ2n) is 7.95. The van der Waals surface area contributed by atoms with E-state index in [4.69, 9.17) is 4.98 Å². The zero-order valence-corrected chi connectivity index (χ0v) is 16.1. The van der Waals surface area contributed by atoms with Crippen molar-refractivity contribution in [2.45, 2.75) is 44.7 Å².